The standard InChI is InChI=1S/C29H36N2O3/c1-20(2)31(21(3)4)17-18-34-28-19-25(15-16-27(28)33-6)30-29(32)24-13-11-23(12-14-24)26-10-8-7-9-22(26)5/h7-16,19-21H,17-18H2,1-6H3,(H,30,32). The number of nitrogens with zero attached hydrogens (tertiary/aromatic N) is 1. The van der Waals surface area contributed by atoms with E-state index in [0.717, 1.165) is 12.1 Å². The van der Waals surface area contributed by atoms with Crippen molar-refractivity contribution in [2.75, 3.05) is 25.6 Å². The first kappa shape index (κ1) is 25.3. The Bertz CT molecular complexity index is 1080. The summed E-state index contributed by atoms with van der Waals surface area (Å²) in [7, 11) is 1.62. The zero-order chi connectivity index (χ0) is 24.7. The summed E-state index contributed by atoms with van der Waals surface area (Å²) in [5, 5.41) is 2.97. The molecule has 0 saturated carbocycles. The zero-order valence-electron chi connectivity index (χ0n) is 21.1. The highest BCUT2D eigenvalue weighted by Crippen LogP contribution is 2.31. The number of nitrogens with one attached hydrogen (secondary N) is 1. The molecule has 0 saturated heterocycles. The highest BCUT2D eigenvalue weighted by Gasteiger charge is 2.15. The minimum Gasteiger partial charge on any atom is -0.493 e. The lowest BCUT2D eigenvalue weighted by Crippen LogP contribution is -2.39. The van der Waals surface area contributed by atoms with Crippen molar-refractivity contribution in [3.8, 4) is 22.6 Å². The molecule has 34 heavy (non-hydrogen) atoms. The van der Waals surface area contributed by atoms with E-state index < -0.39 is 0 Å². The van der Waals surface area contributed by atoms with Crippen LogP contribution >= 0.6 is 0 Å². The number of carbonyl (C=O) groups is 1. The van der Waals surface area contributed by atoms with Gasteiger partial charge in [0.1, 0.15) is 6.61 Å². The van der Waals surface area contributed by atoms with Gasteiger partial charge < -0.3 is 14.8 Å². The van der Waals surface area contributed by atoms with Gasteiger partial charge in [-0.2, -0.15) is 0 Å². The number of hydrogen-bond donors (Lipinski definition) is 1. The fraction of sp³-hybridized carbons (Fsp3) is 0.345. The van der Waals surface area contributed by atoms with Crippen molar-refractivity contribution in [2.24, 2.45) is 0 Å². The summed E-state index contributed by atoms with van der Waals surface area (Å²) >= 11 is 0. The lowest BCUT2D eigenvalue weighted by molar-refractivity contribution is 0.102. The molecular formula is C29H36N2O3. The number of hydrogen-bond acceptors (Lipinski definition) is 4. The molecule has 3 aromatic carbocycles. The Morgan fingerprint density at radius 3 is 2.21 bits per heavy atom. The summed E-state index contributed by atoms with van der Waals surface area (Å²) in [6.07, 6.45) is 0. The number of ether oxygens (including phenoxy) is 2. The Morgan fingerprint density at radius 2 is 1.59 bits per heavy atom. The maximum Gasteiger partial charge on any atom is 0.255 e. The van der Waals surface area contributed by atoms with Gasteiger partial charge in [0.15, 0.2) is 11.5 Å². The second-order valence-corrected chi connectivity index (χ2v) is 8.99. The lowest BCUT2D eigenvalue weighted by atomic mass is 9.99. The molecule has 0 bridgehead atoms. The molecule has 0 aliphatic carbocycles. The lowest BCUT2D eigenvalue weighted by Gasteiger charge is -2.30. The Kier molecular flexibility index (Phi) is 8.72. The maximum absolute atomic E-state index is 12.9. The predicted octanol–water partition coefficient (Wildman–Crippen LogP) is 6.42. The molecule has 3 aromatic rings. The second kappa shape index (κ2) is 11.7. The number of benzene rings is 3. The SMILES string of the molecule is COc1ccc(NC(=O)c2ccc(-c3ccccc3C)cc2)cc1OCCN(C(C)C)C(C)C. The van der Waals surface area contributed by atoms with Crippen molar-refractivity contribution in [1.82, 2.24) is 4.90 Å². The molecule has 0 aliphatic rings. The summed E-state index contributed by atoms with van der Waals surface area (Å²) in [6, 6.07) is 22.2. The van der Waals surface area contributed by atoms with Gasteiger partial charge in [-0.15, -0.1) is 0 Å². The minimum atomic E-state index is -0.168. The molecule has 0 unspecified atom stereocenters. The van der Waals surface area contributed by atoms with Gasteiger partial charge in [-0.05, 0) is 75.6 Å². The van der Waals surface area contributed by atoms with E-state index in [9.17, 15) is 4.79 Å². The van der Waals surface area contributed by atoms with E-state index in [-0.39, 0.29) is 5.91 Å². The zero-order valence-corrected chi connectivity index (χ0v) is 21.1. The van der Waals surface area contributed by atoms with E-state index in [4.69, 9.17) is 9.47 Å². The normalized spacial score (nSPS) is 11.2. The largest absolute Gasteiger partial charge is 0.493 e. The Morgan fingerprint density at radius 1 is 0.912 bits per heavy atom. The molecule has 3 rings (SSSR count). The predicted molar refractivity (Wildman–Crippen MR) is 140 cm³/mol. The van der Waals surface area contributed by atoms with Crippen LogP contribution in [0.15, 0.2) is 66.7 Å². The minimum absolute atomic E-state index is 0.168. The van der Waals surface area contributed by atoms with Gasteiger partial charge in [-0.25, -0.2) is 0 Å². The van der Waals surface area contributed by atoms with Crippen LogP contribution in [0.4, 0.5) is 5.69 Å². The van der Waals surface area contributed by atoms with Crippen LogP contribution in [0, 0.1) is 6.92 Å². The molecule has 5 nitrogen and oxygen atoms in total. The van der Waals surface area contributed by atoms with Crippen LogP contribution in [0.2, 0.25) is 0 Å². The van der Waals surface area contributed by atoms with E-state index in [2.05, 4.69) is 57.0 Å². The van der Waals surface area contributed by atoms with Gasteiger partial charge in [0, 0.05) is 35.9 Å². The number of anilines is 1. The topological polar surface area (TPSA) is 50.8 Å². The van der Waals surface area contributed by atoms with Crippen LogP contribution in [-0.4, -0.2) is 43.2 Å². The first-order chi connectivity index (χ1) is 16.3. The first-order valence-corrected chi connectivity index (χ1v) is 11.8. The molecule has 0 aliphatic heterocycles. The van der Waals surface area contributed by atoms with Gasteiger partial charge in [-0.3, -0.25) is 9.69 Å². The van der Waals surface area contributed by atoms with Crippen molar-refractivity contribution in [3.63, 3.8) is 0 Å². The van der Waals surface area contributed by atoms with Crippen molar-refractivity contribution in [2.45, 2.75) is 46.7 Å². The van der Waals surface area contributed by atoms with Gasteiger partial charge >= 0.3 is 0 Å². The third-order valence-corrected chi connectivity index (χ3v) is 5.96. The summed E-state index contributed by atoms with van der Waals surface area (Å²) < 4.78 is 11.5. The van der Waals surface area contributed by atoms with E-state index >= 15 is 0 Å². The Labute approximate surface area is 203 Å². The molecular weight excluding hydrogens is 424 g/mol. The summed E-state index contributed by atoms with van der Waals surface area (Å²) in [6.45, 7) is 12.2. The smallest absolute Gasteiger partial charge is 0.255 e. The van der Waals surface area contributed by atoms with Crippen LogP contribution in [0.3, 0.4) is 0 Å². The third-order valence-electron chi connectivity index (χ3n) is 5.96. The Balaban J connectivity index is 1.68. The van der Waals surface area contributed by atoms with Gasteiger partial charge in [0.25, 0.3) is 5.91 Å². The maximum atomic E-state index is 12.9. The molecule has 0 spiro atoms. The highest BCUT2D eigenvalue weighted by molar-refractivity contribution is 6.04. The van der Waals surface area contributed by atoms with Crippen LogP contribution < -0.4 is 14.8 Å². The van der Waals surface area contributed by atoms with E-state index in [1.807, 2.05) is 54.6 Å². The van der Waals surface area contributed by atoms with Crippen LogP contribution in [0.1, 0.15) is 43.6 Å². The number of amides is 1. The molecule has 0 atom stereocenters. The molecule has 5 heteroatoms. The fourth-order valence-electron chi connectivity index (χ4n) is 4.14. The molecule has 180 valence electrons. The van der Waals surface area contributed by atoms with E-state index in [0.29, 0.717) is 41.4 Å². The average molecular weight is 461 g/mol. The van der Waals surface area contributed by atoms with Crippen molar-refractivity contribution >= 4 is 11.6 Å². The van der Waals surface area contributed by atoms with Crippen LogP contribution in [0.5, 0.6) is 11.5 Å². The van der Waals surface area contributed by atoms with Gasteiger partial charge in [-0.1, -0.05) is 36.4 Å². The number of carbonyl (C=O) groups excluding carboxylic acids is 1. The third kappa shape index (κ3) is 6.39. The summed E-state index contributed by atoms with van der Waals surface area (Å²) in [4.78, 5) is 15.2. The van der Waals surface area contributed by atoms with Gasteiger partial charge in [0.2, 0.25) is 0 Å². The first-order valence-electron chi connectivity index (χ1n) is 11.8. The van der Waals surface area contributed by atoms with E-state index in [1.54, 1.807) is 7.11 Å². The van der Waals surface area contributed by atoms with E-state index in [1.165, 1.54) is 11.1 Å². The highest BCUT2D eigenvalue weighted by atomic mass is 16.5. The monoisotopic (exact) mass is 460 g/mol. The molecule has 0 aromatic heterocycles. The van der Waals surface area contributed by atoms with Crippen molar-refractivity contribution in [3.05, 3.63) is 77.9 Å². The molecule has 0 fully saturated rings. The van der Waals surface area contributed by atoms with Crippen LogP contribution in [0.25, 0.3) is 11.1 Å². The number of rotatable bonds is 10. The fourth-order valence-corrected chi connectivity index (χ4v) is 4.14. The molecule has 0 radical (unpaired) electrons. The van der Waals surface area contributed by atoms with Crippen molar-refractivity contribution in [1.29, 1.82) is 0 Å². The summed E-state index contributed by atoms with van der Waals surface area (Å²) in [5.74, 6) is 1.09. The number of aryl methyl sites for hydroxylation is 1. The van der Waals surface area contributed by atoms with Gasteiger partial charge in [0.05, 0.1) is 7.11 Å². The molecule has 0 heterocycles. The Hall–Kier alpha value is -3.31. The molecule has 1 amide bonds. The average Bonchev–Trinajstić information content (AvgIpc) is 2.82. The summed E-state index contributed by atoms with van der Waals surface area (Å²) in [5.41, 5.74) is 4.72. The number of methoxy groups -OCH3 is 1. The van der Waals surface area contributed by atoms with Crippen LogP contribution in [-0.2, 0) is 0 Å². The molecule has 1 N–H and O–H groups in total. The van der Waals surface area contributed by atoms with Crippen molar-refractivity contribution < 1.29 is 14.3 Å². The second-order valence-electron chi connectivity index (χ2n) is 8.99. The quantitative estimate of drug-likeness (QED) is 0.379.